The number of carbonyl (C=O) groups is 3. The largest absolute Gasteiger partial charge is 0.481 e. The van der Waals surface area contributed by atoms with Crippen molar-refractivity contribution in [3.63, 3.8) is 0 Å². The fraction of sp³-hybridized carbons (Fsp3) is 0.571. The highest BCUT2D eigenvalue weighted by molar-refractivity contribution is 5.71. The predicted octanol–water partition coefficient (Wildman–Crippen LogP) is -0.700. The second kappa shape index (κ2) is 13.9. The van der Waals surface area contributed by atoms with E-state index in [0.29, 0.717) is 0 Å². The third-order valence-electron chi connectivity index (χ3n) is 0.394. The third kappa shape index (κ3) is 162. The van der Waals surface area contributed by atoms with Gasteiger partial charge in [0, 0.05) is 13.8 Å². The first kappa shape index (κ1) is 18.2. The number of carboxylic acids is 2. The molecule has 0 amide bonds. The Hall–Kier alpha value is -1.63. The van der Waals surface area contributed by atoms with Crippen LogP contribution >= 0.6 is 0 Å². The van der Waals surface area contributed by atoms with Crippen LogP contribution in [0.4, 0.5) is 0 Å². The van der Waals surface area contributed by atoms with Gasteiger partial charge >= 0.3 is 5.97 Å². The molecule has 0 rings (SSSR count). The van der Waals surface area contributed by atoms with Crippen LogP contribution < -0.4 is 5.73 Å². The first-order valence-electron chi connectivity index (χ1n) is 3.43. The molecule has 0 heterocycles. The molecular weight excluding hydrogens is 194 g/mol. The van der Waals surface area contributed by atoms with Crippen LogP contribution in [-0.4, -0.2) is 41.8 Å². The van der Waals surface area contributed by atoms with Crippen molar-refractivity contribution in [2.45, 2.75) is 13.8 Å². The van der Waals surface area contributed by atoms with Crippen molar-refractivity contribution in [3.05, 3.63) is 0 Å². The average molecular weight is 209 g/mol. The maximum Gasteiger partial charge on any atom is 0.319 e. The summed E-state index contributed by atoms with van der Waals surface area (Å²) in [4.78, 5) is 27.8. The molecule has 4 N–H and O–H groups in total. The van der Waals surface area contributed by atoms with Crippen LogP contribution in [0, 0.1) is 0 Å². The molecule has 0 aliphatic heterocycles. The highest BCUT2D eigenvalue weighted by Gasteiger charge is 1.87. The summed E-state index contributed by atoms with van der Waals surface area (Å²) in [7, 11) is 1.30. The minimum absolute atomic E-state index is 0.0312. The molecule has 0 radical (unpaired) electrons. The van der Waals surface area contributed by atoms with Crippen molar-refractivity contribution in [1.29, 1.82) is 0 Å². The van der Waals surface area contributed by atoms with E-state index in [-0.39, 0.29) is 12.5 Å². The van der Waals surface area contributed by atoms with Gasteiger partial charge in [-0.1, -0.05) is 0 Å². The number of rotatable bonds is 1. The molecule has 0 spiro atoms. The van der Waals surface area contributed by atoms with Crippen LogP contribution in [0.2, 0.25) is 0 Å². The molecule has 0 unspecified atom stereocenters. The van der Waals surface area contributed by atoms with Crippen molar-refractivity contribution in [2.24, 2.45) is 5.73 Å². The van der Waals surface area contributed by atoms with E-state index in [1.165, 1.54) is 7.11 Å². The first-order chi connectivity index (χ1) is 6.27. The molecule has 0 saturated carbocycles. The van der Waals surface area contributed by atoms with Crippen molar-refractivity contribution >= 4 is 17.9 Å². The second-order valence-corrected chi connectivity index (χ2v) is 1.82. The van der Waals surface area contributed by atoms with Gasteiger partial charge in [-0.3, -0.25) is 14.4 Å². The van der Waals surface area contributed by atoms with E-state index in [1.807, 2.05) is 0 Å². The van der Waals surface area contributed by atoms with Gasteiger partial charge in [0.05, 0.1) is 13.7 Å². The number of methoxy groups -OCH3 is 1. The maximum atomic E-state index is 9.83. The molecule has 84 valence electrons. The van der Waals surface area contributed by atoms with Crippen molar-refractivity contribution < 1.29 is 29.3 Å². The minimum Gasteiger partial charge on any atom is -0.481 e. The van der Waals surface area contributed by atoms with Crippen molar-refractivity contribution in [3.8, 4) is 0 Å². The Labute approximate surface area is 81.5 Å². The van der Waals surface area contributed by atoms with Gasteiger partial charge in [-0.25, -0.2) is 0 Å². The molecule has 0 bridgehead atoms. The summed E-state index contributed by atoms with van der Waals surface area (Å²) in [5.74, 6) is -2.05. The van der Waals surface area contributed by atoms with E-state index in [4.69, 9.17) is 25.5 Å². The van der Waals surface area contributed by atoms with Crippen LogP contribution in [0.25, 0.3) is 0 Å². The van der Waals surface area contributed by atoms with Crippen LogP contribution in [-0.2, 0) is 19.1 Å². The number of ether oxygens (including phenoxy) is 1. The van der Waals surface area contributed by atoms with Crippen LogP contribution in [0.15, 0.2) is 0 Å². The Morgan fingerprint density at radius 2 is 1.36 bits per heavy atom. The van der Waals surface area contributed by atoms with Crippen LogP contribution in [0.3, 0.4) is 0 Å². The SMILES string of the molecule is CC(=O)O.CC(=O)O.COC(=O)CN. The molecule has 0 saturated heterocycles. The molecule has 0 aromatic heterocycles. The third-order valence-corrected chi connectivity index (χ3v) is 0.394. The van der Waals surface area contributed by atoms with E-state index >= 15 is 0 Å². The molecule has 0 aromatic rings. The summed E-state index contributed by atoms with van der Waals surface area (Å²) < 4.78 is 4.14. The van der Waals surface area contributed by atoms with Gasteiger partial charge in [0.2, 0.25) is 0 Å². The zero-order valence-electron chi connectivity index (χ0n) is 8.31. The molecule has 0 aliphatic carbocycles. The van der Waals surface area contributed by atoms with Gasteiger partial charge in [0.25, 0.3) is 11.9 Å². The summed E-state index contributed by atoms with van der Waals surface area (Å²) in [5.41, 5.74) is 4.81. The number of nitrogens with two attached hydrogens (primary N) is 1. The Balaban J connectivity index is -0.000000135. The van der Waals surface area contributed by atoms with Crippen molar-refractivity contribution in [2.75, 3.05) is 13.7 Å². The Bertz CT molecular complexity index is 153. The molecular formula is C7H15NO6. The Morgan fingerprint density at radius 3 is 1.36 bits per heavy atom. The fourth-order valence-corrected chi connectivity index (χ4v) is 0.0833. The predicted molar refractivity (Wildman–Crippen MR) is 47.7 cm³/mol. The Morgan fingerprint density at radius 1 is 1.14 bits per heavy atom. The molecule has 7 nitrogen and oxygen atoms in total. The summed E-state index contributed by atoms with van der Waals surface area (Å²) in [5, 5.41) is 14.8. The van der Waals surface area contributed by atoms with E-state index < -0.39 is 11.9 Å². The molecule has 0 aromatic carbocycles. The zero-order valence-corrected chi connectivity index (χ0v) is 8.31. The zero-order chi connectivity index (χ0) is 12.1. The molecule has 0 fully saturated rings. The number of carbonyl (C=O) groups excluding carboxylic acids is 1. The van der Waals surface area contributed by atoms with Gasteiger partial charge in [-0.15, -0.1) is 0 Å². The van der Waals surface area contributed by atoms with Gasteiger partial charge in [-0.2, -0.15) is 0 Å². The lowest BCUT2D eigenvalue weighted by Gasteiger charge is -1.87. The molecule has 0 atom stereocenters. The number of hydrogen-bond donors (Lipinski definition) is 3. The van der Waals surface area contributed by atoms with E-state index in [1.54, 1.807) is 0 Å². The summed E-state index contributed by atoms with van der Waals surface area (Å²) in [6.45, 7) is 2.14. The molecule has 7 heteroatoms. The quantitative estimate of drug-likeness (QED) is 0.487. The lowest BCUT2D eigenvalue weighted by Crippen LogP contribution is -2.14. The summed E-state index contributed by atoms with van der Waals surface area (Å²) in [6.07, 6.45) is 0. The van der Waals surface area contributed by atoms with Gasteiger partial charge in [-0.05, 0) is 0 Å². The topological polar surface area (TPSA) is 127 Å². The smallest absolute Gasteiger partial charge is 0.319 e. The number of aliphatic carboxylic acids is 2. The van der Waals surface area contributed by atoms with Crippen LogP contribution in [0.5, 0.6) is 0 Å². The standard InChI is InChI=1S/C3H7NO2.2C2H4O2/c1-6-3(5)2-4;2*1-2(3)4/h2,4H2,1H3;2*1H3,(H,3,4). The summed E-state index contributed by atoms with van der Waals surface area (Å²) in [6, 6.07) is 0. The first-order valence-corrected chi connectivity index (χ1v) is 3.43. The maximum absolute atomic E-state index is 9.83. The van der Waals surface area contributed by atoms with Gasteiger partial charge in [0.1, 0.15) is 0 Å². The second-order valence-electron chi connectivity index (χ2n) is 1.82. The molecule has 0 aliphatic rings. The summed E-state index contributed by atoms with van der Waals surface area (Å²) >= 11 is 0. The van der Waals surface area contributed by atoms with E-state index in [0.717, 1.165) is 13.8 Å². The van der Waals surface area contributed by atoms with Gasteiger partial charge < -0.3 is 20.7 Å². The van der Waals surface area contributed by atoms with Crippen molar-refractivity contribution in [1.82, 2.24) is 0 Å². The monoisotopic (exact) mass is 209 g/mol. The highest BCUT2D eigenvalue weighted by Crippen LogP contribution is 1.61. The number of esters is 1. The number of hydrogen-bond acceptors (Lipinski definition) is 5. The highest BCUT2D eigenvalue weighted by atomic mass is 16.5. The lowest BCUT2D eigenvalue weighted by molar-refractivity contribution is -0.139. The number of carboxylic acid groups (broad SMARTS) is 2. The van der Waals surface area contributed by atoms with Gasteiger partial charge in [0.15, 0.2) is 0 Å². The Kier molecular flexibility index (Phi) is 18.1. The molecule has 14 heavy (non-hydrogen) atoms. The average Bonchev–Trinajstić information content (AvgIpc) is 2.01. The van der Waals surface area contributed by atoms with E-state index in [9.17, 15) is 4.79 Å². The lowest BCUT2D eigenvalue weighted by atomic mass is 10.7. The fourth-order valence-electron chi connectivity index (χ4n) is 0.0833. The van der Waals surface area contributed by atoms with E-state index in [2.05, 4.69) is 4.74 Å². The normalized spacial score (nSPS) is 6.86. The minimum atomic E-state index is -0.833. The van der Waals surface area contributed by atoms with Crippen LogP contribution in [0.1, 0.15) is 13.8 Å².